The standard InChI is InChI=1S/C8H16O5/c1-10-4-5-6(11-2)7(12-3)8(9)13-5/h5-9H,4H2,1-3H3/t5-,6-,7+,8+/m0/s1. The molecule has 1 fully saturated rings. The Morgan fingerprint density at radius 2 is 1.77 bits per heavy atom. The Labute approximate surface area is 77.5 Å². The van der Waals surface area contributed by atoms with Crippen LogP contribution < -0.4 is 0 Å². The zero-order valence-electron chi connectivity index (χ0n) is 8.10. The van der Waals surface area contributed by atoms with Crippen molar-refractivity contribution in [2.75, 3.05) is 27.9 Å². The van der Waals surface area contributed by atoms with E-state index in [1.165, 1.54) is 7.11 Å². The van der Waals surface area contributed by atoms with Crippen LogP contribution in [0.15, 0.2) is 0 Å². The monoisotopic (exact) mass is 192 g/mol. The predicted molar refractivity (Wildman–Crippen MR) is 44.3 cm³/mol. The van der Waals surface area contributed by atoms with Crippen LogP contribution in [-0.2, 0) is 18.9 Å². The fraction of sp³-hybridized carbons (Fsp3) is 1.00. The topological polar surface area (TPSA) is 57.2 Å². The average Bonchev–Trinajstić information content (AvgIpc) is 2.41. The van der Waals surface area contributed by atoms with Gasteiger partial charge in [-0.2, -0.15) is 0 Å². The normalized spacial score (nSPS) is 39.7. The highest BCUT2D eigenvalue weighted by atomic mass is 16.7. The molecule has 0 amide bonds. The molecular weight excluding hydrogens is 176 g/mol. The summed E-state index contributed by atoms with van der Waals surface area (Å²) in [6, 6.07) is 0. The van der Waals surface area contributed by atoms with Gasteiger partial charge in [0.2, 0.25) is 0 Å². The Hall–Kier alpha value is -0.200. The molecule has 1 saturated heterocycles. The van der Waals surface area contributed by atoms with Gasteiger partial charge >= 0.3 is 0 Å². The Bertz CT molecular complexity index is 151. The summed E-state index contributed by atoms with van der Waals surface area (Å²) < 4.78 is 20.3. The van der Waals surface area contributed by atoms with Crippen molar-refractivity contribution in [3.05, 3.63) is 0 Å². The minimum absolute atomic E-state index is 0.269. The van der Waals surface area contributed by atoms with E-state index in [9.17, 15) is 5.11 Å². The lowest BCUT2D eigenvalue weighted by atomic mass is 10.1. The van der Waals surface area contributed by atoms with Crippen molar-refractivity contribution >= 4 is 0 Å². The van der Waals surface area contributed by atoms with E-state index in [1.807, 2.05) is 0 Å². The van der Waals surface area contributed by atoms with E-state index in [4.69, 9.17) is 18.9 Å². The Kier molecular flexibility index (Phi) is 4.08. The van der Waals surface area contributed by atoms with Gasteiger partial charge in [0, 0.05) is 21.3 Å². The molecule has 1 aliphatic rings. The molecule has 0 aromatic carbocycles. The Morgan fingerprint density at radius 3 is 2.23 bits per heavy atom. The van der Waals surface area contributed by atoms with E-state index >= 15 is 0 Å². The molecule has 5 heteroatoms. The fourth-order valence-corrected chi connectivity index (χ4v) is 1.54. The average molecular weight is 192 g/mol. The van der Waals surface area contributed by atoms with Gasteiger partial charge in [0.1, 0.15) is 18.3 Å². The predicted octanol–water partition coefficient (Wildman–Crippen LogP) is -0.620. The number of methoxy groups -OCH3 is 3. The summed E-state index contributed by atoms with van der Waals surface area (Å²) in [5, 5.41) is 9.40. The molecule has 13 heavy (non-hydrogen) atoms. The molecule has 0 bridgehead atoms. The summed E-state index contributed by atoms with van der Waals surface area (Å²) in [4.78, 5) is 0. The smallest absolute Gasteiger partial charge is 0.184 e. The van der Waals surface area contributed by atoms with E-state index in [2.05, 4.69) is 0 Å². The molecule has 1 aliphatic heterocycles. The van der Waals surface area contributed by atoms with Gasteiger partial charge in [-0.1, -0.05) is 0 Å². The molecule has 4 atom stereocenters. The van der Waals surface area contributed by atoms with Crippen LogP contribution in [0.3, 0.4) is 0 Å². The van der Waals surface area contributed by atoms with E-state index in [1.54, 1.807) is 14.2 Å². The molecule has 0 saturated carbocycles. The molecule has 0 radical (unpaired) electrons. The summed E-state index contributed by atoms with van der Waals surface area (Å²) >= 11 is 0. The third-order valence-corrected chi connectivity index (χ3v) is 2.16. The van der Waals surface area contributed by atoms with Crippen molar-refractivity contribution in [2.24, 2.45) is 0 Å². The van der Waals surface area contributed by atoms with Crippen molar-refractivity contribution < 1.29 is 24.1 Å². The maximum absolute atomic E-state index is 9.40. The second-order valence-corrected chi connectivity index (χ2v) is 2.92. The van der Waals surface area contributed by atoms with Crippen molar-refractivity contribution in [2.45, 2.75) is 24.6 Å². The largest absolute Gasteiger partial charge is 0.382 e. The van der Waals surface area contributed by atoms with Crippen LogP contribution in [0.5, 0.6) is 0 Å². The Morgan fingerprint density at radius 1 is 1.15 bits per heavy atom. The zero-order valence-corrected chi connectivity index (χ0v) is 8.10. The molecular formula is C8H16O5. The molecule has 0 aromatic rings. The number of hydrogen-bond donors (Lipinski definition) is 1. The van der Waals surface area contributed by atoms with E-state index in [0.717, 1.165) is 0 Å². The van der Waals surface area contributed by atoms with Gasteiger partial charge < -0.3 is 24.1 Å². The van der Waals surface area contributed by atoms with Gasteiger partial charge in [0.15, 0.2) is 6.29 Å². The third kappa shape index (κ3) is 2.18. The number of ether oxygens (including phenoxy) is 4. The fourth-order valence-electron chi connectivity index (χ4n) is 1.54. The molecule has 0 spiro atoms. The first-order chi connectivity index (χ1) is 6.24. The van der Waals surface area contributed by atoms with Crippen LogP contribution in [0.25, 0.3) is 0 Å². The van der Waals surface area contributed by atoms with Crippen LogP contribution in [0.2, 0.25) is 0 Å². The van der Waals surface area contributed by atoms with E-state index < -0.39 is 12.4 Å². The lowest BCUT2D eigenvalue weighted by molar-refractivity contribution is -0.141. The zero-order chi connectivity index (χ0) is 9.84. The van der Waals surface area contributed by atoms with Crippen molar-refractivity contribution in [1.82, 2.24) is 0 Å². The molecule has 0 unspecified atom stereocenters. The van der Waals surface area contributed by atoms with Crippen LogP contribution in [0, 0.1) is 0 Å². The highest BCUT2D eigenvalue weighted by molar-refractivity contribution is 4.88. The van der Waals surface area contributed by atoms with Gasteiger partial charge in [-0.15, -0.1) is 0 Å². The number of rotatable bonds is 4. The molecule has 78 valence electrons. The molecule has 0 aromatic heterocycles. The van der Waals surface area contributed by atoms with E-state index in [-0.39, 0.29) is 12.2 Å². The highest BCUT2D eigenvalue weighted by Crippen LogP contribution is 2.24. The van der Waals surface area contributed by atoms with Gasteiger partial charge in [0.05, 0.1) is 6.61 Å². The number of aliphatic hydroxyl groups is 1. The molecule has 1 rings (SSSR count). The van der Waals surface area contributed by atoms with Crippen molar-refractivity contribution in [3.63, 3.8) is 0 Å². The van der Waals surface area contributed by atoms with Gasteiger partial charge in [0.25, 0.3) is 0 Å². The molecule has 1 heterocycles. The summed E-state index contributed by atoms with van der Waals surface area (Å²) in [6.07, 6.45) is -1.92. The van der Waals surface area contributed by atoms with Gasteiger partial charge in [-0.3, -0.25) is 0 Å². The van der Waals surface area contributed by atoms with Crippen molar-refractivity contribution in [3.8, 4) is 0 Å². The quantitative estimate of drug-likeness (QED) is 0.643. The maximum Gasteiger partial charge on any atom is 0.184 e. The highest BCUT2D eigenvalue weighted by Gasteiger charge is 2.44. The first-order valence-electron chi connectivity index (χ1n) is 4.12. The maximum atomic E-state index is 9.40. The summed E-state index contributed by atoms with van der Waals surface area (Å²) in [6.45, 7) is 0.384. The first kappa shape index (κ1) is 10.9. The van der Waals surface area contributed by atoms with Gasteiger partial charge in [-0.25, -0.2) is 0 Å². The van der Waals surface area contributed by atoms with E-state index in [0.29, 0.717) is 6.61 Å². The minimum atomic E-state index is -0.935. The van der Waals surface area contributed by atoms with Crippen LogP contribution in [0.1, 0.15) is 0 Å². The lowest BCUT2D eigenvalue weighted by Crippen LogP contribution is -2.37. The summed E-state index contributed by atoms with van der Waals surface area (Å²) in [7, 11) is 4.64. The second kappa shape index (κ2) is 4.88. The Balaban J connectivity index is 2.57. The molecule has 0 aliphatic carbocycles. The summed E-state index contributed by atoms with van der Waals surface area (Å²) in [5.74, 6) is 0. The third-order valence-electron chi connectivity index (χ3n) is 2.16. The van der Waals surface area contributed by atoms with Crippen LogP contribution in [-0.4, -0.2) is 57.6 Å². The SMILES string of the molecule is COC[C@@H]1O[C@@H](O)[C@H](OC)[C@H]1OC. The lowest BCUT2D eigenvalue weighted by Gasteiger charge is -2.19. The first-order valence-corrected chi connectivity index (χ1v) is 4.12. The van der Waals surface area contributed by atoms with Crippen molar-refractivity contribution in [1.29, 1.82) is 0 Å². The van der Waals surface area contributed by atoms with Crippen LogP contribution >= 0.6 is 0 Å². The minimum Gasteiger partial charge on any atom is -0.382 e. The van der Waals surface area contributed by atoms with Gasteiger partial charge in [-0.05, 0) is 0 Å². The molecule has 5 nitrogen and oxygen atoms in total. The second-order valence-electron chi connectivity index (χ2n) is 2.92. The number of aliphatic hydroxyl groups excluding tert-OH is 1. The number of hydrogen-bond acceptors (Lipinski definition) is 5. The van der Waals surface area contributed by atoms with Crippen LogP contribution in [0.4, 0.5) is 0 Å². The molecule has 1 N–H and O–H groups in total. The summed E-state index contributed by atoms with van der Waals surface area (Å²) in [5.41, 5.74) is 0.